The number of hydrogen-bond donors (Lipinski definition) is 2. The van der Waals surface area contributed by atoms with Crippen LogP contribution in [0.3, 0.4) is 0 Å². The fourth-order valence-electron chi connectivity index (χ4n) is 1.26. The summed E-state index contributed by atoms with van der Waals surface area (Å²) in [5.74, 6) is 4.58. The van der Waals surface area contributed by atoms with E-state index >= 15 is 0 Å². The maximum Gasteiger partial charge on any atom is 0.317 e. The largest absolute Gasteiger partial charge is 0.317 e. The Hall–Kier alpha value is -1.44. The Kier molecular flexibility index (Phi) is 5.26. The molecule has 0 heterocycles. The van der Waals surface area contributed by atoms with Gasteiger partial charge in [-0.25, -0.2) is 5.84 Å². The molecule has 1 rings (SSSR count). The first-order chi connectivity index (χ1) is 8.49. The zero-order valence-corrected chi connectivity index (χ0v) is 11.0. The van der Waals surface area contributed by atoms with E-state index in [0.717, 1.165) is 6.42 Å². The summed E-state index contributed by atoms with van der Waals surface area (Å²) in [6.07, 6.45) is 1.53. The highest BCUT2D eigenvalue weighted by Gasteiger charge is 2.24. The second kappa shape index (κ2) is 6.48. The third-order valence-electron chi connectivity index (χ3n) is 2.29. The summed E-state index contributed by atoms with van der Waals surface area (Å²) in [6, 6.07) is 8.01. The molecule has 7 heteroatoms. The summed E-state index contributed by atoms with van der Waals surface area (Å²) < 4.78 is 25.9. The average Bonchev–Trinajstić information content (AvgIpc) is 2.38. The van der Waals surface area contributed by atoms with Gasteiger partial charge in [-0.1, -0.05) is 31.5 Å². The van der Waals surface area contributed by atoms with Crippen LogP contribution in [0.4, 0.5) is 0 Å². The van der Waals surface area contributed by atoms with Crippen molar-refractivity contribution in [1.82, 2.24) is 9.14 Å². The number of hydrogen-bond acceptors (Lipinski definition) is 4. The third-order valence-corrected chi connectivity index (χ3v) is 3.55. The highest BCUT2D eigenvalue weighted by atomic mass is 32.2. The van der Waals surface area contributed by atoms with Gasteiger partial charge in [0.1, 0.15) is 0 Å². The van der Waals surface area contributed by atoms with Crippen LogP contribution in [0.2, 0.25) is 0 Å². The second-order valence-electron chi connectivity index (χ2n) is 3.72. The molecule has 0 aromatic heterocycles. The van der Waals surface area contributed by atoms with Crippen LogP contribution in [-0.4, -0.2) is 25.3 Å². The number of carbonyl (C=O) groups excluding carboxylic acids is 1. The van der Waals surface area contributed by atoms with E-state index in [1.165, 1.54) is 12.1 Å². The molecule has 100 valence electrons. The van der Waals surface area contributed by atoms with Crippen molar-refractivity contribution in [1.29, 1.82) is 0 Å². The minimum atomic E-state index is -3.97. The lowest BCUT2D eigenvalue weighted by Crippen LogP contribution is -2.48. The molecule has 0 atom stereocenters. The third kappa shape index (κ3) is 3.80. The number of amides is 1. The number of nitrogens with one attached hydrogen (secondary N) is 1. The Morgan fingerprint density at radius 2 is 1.94 bits per heavy atom. The molecule has 0 saturated carbocycles. The van der Waals surface area contributed by atoms with Gasteiger partial charge < -0.3 is 0 Å². The first kappa shape index (κ1) is 14.6. The van der Waals surface area contributed by atoms with Crippen molar-refractivity contribution in [2.45, 2.75) is 19.8 Å². The smallest absolute Gasteiger partial charge is 0.266 e. The van der Waals surface area contributed by atoms with E-state index in [1.54, 1.807) is 18.2 Å². The van der Waals surface area contributed by atoms with Crippen molar-refractivity contribution in [2.24, 2.45) is 5.84 Å². The van der Waals surface area contributed by atoms with Crippen molar-refractivity contribution < 1.29 is 13.2 Å². The molecule has 1 amide bonds. The average molecular weight is 271 g/mol. The van der Waals surface area contributed by atoms with E-state index in [-0.39, 0.29) is 16.5 Å². The lowest BCUT2D eigenvalue weighted by molar-refractivity contribution is 0.0860. The van der Waals surface area contributed by atoms with Gasteiger partial charge in [0.25, 0.3) is 5.91 Å². The Balaban J connectivity index is 2.74. The number of hydrazine groups is 1. The van der Waals surface area contributed by atoms with Crippen molar-refractivity contribution >= 4 is 16.1 Å². The van der Waals surface area contributed by atoms with Crippen LogP contribution < -0.4 is 10.6 Å². The van der Waals surface area contributed by atoms with Gasteiger partial charge in [0.2, 0.25) is 0 Å². The van der Waals surface area contributed by atoms with E-state index in [4.69, 9.17) is 5.84 Å². The first-order valence-corrected chi connectivity index (χ1v) is 7.07. The number of carbonyl (C=O) groups is 1. The van der Waals surface area contributed by atoms with E-state index in [1.807, 2.05) is 6.92 Å². The molecule has 0 unspecified atom stereocenters. The zero-order valence-electron chi connectivity index (χ0n) is 10.2. The minimum Gasteiger partial charge on any atom is -0.266 e. The van der Waals surface area contributed by atoms with Gasteiger partial charge in [0.05, 0.1) is 0 Å². The summed E-state index contributed by atoms with van der Waals surface area (Å²) in [5.41, 5.74) is 0.223. The lowest BCUT2D eigenvalue weighted by Gasteiger charge is -2.17. The molecule has 1 aromatic carbocycles. The molecular formula is C11H17N3O3S. The molecule has 0 spiro atoms. The van der Waals surface area contributed by atoms with E-state index < -0.39 is 16.1 Å². The lowest BCUT2D eigenvalue weighted by atomic mass is 10.2. The topological polar surface area (TPSA) is 92.5 Å². The molecule has 6 nitrogen and oxygen atoms in total. The quantitative estimate of drug-likeness (QED) is 0.343. The van der Waals surface area contributed by atoms with Crippen LogP contribution >= 0.6 is 0 Å². The van der Waals surface area contributed by atoms with E-state index in [0.29, 0.717) is 6.42 Å². The van der Waals surface area contributed by atoms with Crippen molar-refractivity contribution in [3.05, 3.63) is 35.9 Å². The Bertz CT molecular complexity index is 488. The van der Waals surface area contributed by atoms with E-state index in [2.05, 4.69) is 4.72 Å². The molecule has 18 heavy (non-hydrogen) atoms. The summed E-state index contributed by atoms with van der Waals surface area (Å²) in [5, 5.41) is 0. The normalized spacial score (nSPS) is 11.2. The van der Waals surface area contributed by atoms with Gasteiger partial charge in [-0.15, -0.1) is 0 Å². The monoisotopic (exact) mass is 271 g/mol. The summed E-state index contributed by atoms with van der Waals surface area (Å²) in [7, 11) is -3.97. The fraction of sp³-hybridized carbons (Fsp3) is 0.364. The molecule has 0 saturated heterocycles. The van der Waals surface area contributed by atoms with Crippen LogP contribution in [0.5, 0.6) is 0 Å². The SMILES string of the molecule is CCCCNS(=O)(=O)N(N)C(=O)c1ccccc1. The molecule has 0 aliphatic heterocycles. The van der Waals surface area contributed by atoms with Crippen LogP contribution in [0.25, 0.3) is 0 Å². The Labute approximate surface area is 107 Å². The predicted octanol–water partition coefficient (Wildman–Crippen LogP) is 0.637. The number of nitrogens with zero attached hydrogens (tertiary/aromatic N) is 1. The predicted molar refractivity (Wildman–Crippen MR) is 68.6 cm³/mol. The molecule has 0 aliphatic carbocycles. The Morgan fingerprint density at radius 1 is 1.33 bits per heavy atom. The Morgan fingerprint density at radius 3 is 2.50 bits per heavy atom. The highest BCUT2D eigenvalue weighted by Crippen LogP contribution is 2.04. The van der Waals surface area contributed by atoms with Crippen molar-refractivity contribution in [3.8, 4) is 0 Å². The van der Waals surface area contributed by atoms with Gasteiger partial charge in [-0.3, -0.25) is 4.79 Å². The molecule has 0 aliphatic rings. The van der Waals surface area contributed by atoms with Gasteiger partial charge >= 0.3 is 10.2 Å². The molecule has 1 aromatic rings. The molecule has 3 N–H and O–H groups in total. The van der Waals surface area contributed by atoms with Gasteiger partial charge in [-0.2, -0.15) is 17.6 Å². The number of rotatable bonds is 6. The maximum absolute atomic E-state index is 11.8. The van der Waals surface area contributed by atoms with Crippen molar-refractivity contribution in [2.75, 3.05) is 6.54 Å². The number of unbranched alkanes of at least 4 members (excludes halogenated alkanes) is 1. The summed E-state index contributed by atoms with van der Waals surface area (Å²) >= 11 is 0. The number of benzene rings is 1. The number of nitrogens with two attached hydrogens (primary N) is 1. The summed E-state index contributed by atoms with van der Waals surface area (Å²) in [4.78, 5) is 11.8. The first-order valence-electron chi connectivity index (χ1n) is 5.63. The standard InChI is InChI=1S/C11H17N3O3S/c1-2-3-9-13-18(16,17)14(12)11(15)10-7-5-4-6-8-10/h4-8,13H,2-3,9,12H2,1H3. The van der Waals surface area contributed by atoms with Crippen LogP contribution in [0.15, 0.2) is 30.3 Å². The molecular weight excluding hydrogens is 254 g/mol. The van der Waals surface area contributed by atoms with Gasteiger partial charge in [-0.05, 0) is 18.6 Å². The molecule has 0 fully saturated rings. The zero-order chi connectivity index (χ0) is 13.6. The minimum absolute atomic E-state index is 0.223. The maximum atomic E-state index is 11.8. The van der Waals surface area contributed by atoms with Crippen LogP contribution in [0, 0.1) is 0 Å². The van der Waals surface area contributed by atoms with Gasteiger partial charge in [0.15, 0.2) is 0 Å². The van der Waals surface area contributed by atoms with Crippen LogP contribution in [-0.2, 0) is 10.2 Å². The molecule has 0 bridgehead atoms. The fourth-order valence-corrected chi connectivity index (χ4v) is 2.13. The highest BCUT2D eigenvalue weighted by molar-refractivity contribution is 7.87. The summed E-state index contributed by atoms with van der Waals surface area (Å²) in [6.45, 7) is 2.19. The van der Waals surface area contributed by atoms with Gasteiger partial charge in [0, 0.05) is 12.1 Å². The second-order valence-corrected chi connectivity index (χ2v) is 5.35. The van der Waals surface area contributed by atoms with Crippen LogP contribution in [0.1, 0.15) is 30.1 Å². The van der Waals surface area contributed by atoms with E-state index in [9.17, 15) is 13.2 Å². The van der Waals surface area contributed by atoms with Crippen molar-refractivity contribution in [3.63, 3.8) is 0 Å². The molecule has 0 radical (unpaired) electrons.